The van der Waals surface area contributed by atoms with E-state index in [2.05, 4.69) is 22.7 Å². The number of nitrogens with zero attached hydrogens (tertiary/aromatic N) is 2. The van der Waals surface area contributed by atoms with Crippen LogP contribution in [0.5, 0.6) is 0 Å². The first-order valence-electron chi connectivity index (χ1n) is 6.92. The van der Waals surface area contributed by atoms with E-state index in [0.29, 0.717) is 17.7 Å². The van der Waals surface area contributed by atoms with Gasteiger partial charge in [0, 0.05) is 30.5 Å². The summed E-state index contributed by atoms with van der Waals surface area (Å²) >= 11 is 0. The van der Waals surface area contributed by atoms with Crippen molar-refractivity contribution in [1.29, 1.82) is 0 Å². The van der Waals surface area contributed by atoms with Crippen molar-refractivity contribution in [3.05, 3.63) is 47.3 Å². The Bertz CT molecular complexity index is 705. The molecule has 0 unspecified atom stereocenters. The Labute approximate surface area is 122 Å². The van der Waals surface area contributed by atoms with Gasteiger partial charge in [-0.25, -0.2) is 0 Å². The van der Waals surface area contributed by atoms with Gasteiger partial charge in [-0.1, -0.05) is 6.92 Å². The molecular formula is C15H16N4O2. The van der Waals surface area contributed by atoms with Crippen LogP contribution >= 0.6 is 0 Å². The lowest BCUT2D eigenvalue weighted by Crippen LogP contribution is -2.19. The third-order valence-electron chi connectivity index (χ3n) is 3.37. The van der Waals surface area contributed by atoms with Crippen molar-refractivity contribution in [1.82, 2.24) is 15.1 Å². The average molecular weight is 284 g/mol. The Morgan fingerprint density at radius 1 is 1.24 bits per heavy atom. The highest BCUT2D eigenvalue weighted by atomic mass is 16.2. The number of benzene rings is 1. The second-order valence-electron chi connectivity index (χ2n) is 5.01. The topological polar surface area (TPSA) is 76.0 Å². The molecule has 0 radical (unpaired) electrons. The number of hydrogen-bond donors (Lipinski definition) is 2. The molecule has 2 aromatic rings. The number of rotatable bonds is 5. The molecule has 0 fully saturated rings. The largest absolute Gasteiger partial charge is 0.381 e. The highest BCUT2D eigenvalue weighted by Gasteiger charge is 2.26. The Balaban J connectivity index is 1.69. The maximum absolute atomic E-state index is 11.6. The van der Waals surface area contributed by atoms with E-state index in [9.17, 15) is 9.59 Å². The number of aryl methyl sites for hydroxylation is 1. The maximum Gasteiger partial charge on any atom is 0.259 e. The van der Waals surface area contributed by atoms with Crippen molar-refractivity contribution in [2.24, 2.45) is 0 Å². The fraction of sp³-hybridized carbons (Fsp3) is 0.267. The molecule has 0 atom stereocenters. The summed E-state index contributed by atoms with van der Waals surface area (Å²) in [6, 6.07) is 5.16. The molecule has 0 saturated carbocycles. The summed E-state index contributed by atoms with van der Waals surface area (Å²) in [6.07, 6.45) is 4.87. The molecule has 0 bridgehead atoms. The summed E-state index contributed by atoms with van der Waals surface area (Å²) in [7, 11) is 0. The number of hydrogen-bond acceptors (Lipinski definition) is 4. The highest BCUT2D eigenvalue weighted by molar-refractivity contribution is 6.21. The second-order valence-corrected chi connectivity index (χ2v) is 5.01. The first kappa shape index (κ1) is 13.4. The van der Waals surface area contributed by atoms with Gasteiger partial charge in [-0.05, 0) is 24.6 Å². The van der Waals surface area contributed by atoms with Gasteiger partial charge in [0.2, 0.25) is 0 Å². The van der Waals surface area contributed by atoms with E-state index in [1.807, 2.05) is 17.1 Å². The van der Waals surface area contributed by atoms with Crippen LogP contribution in [0.4, 0.5) is 5.69 Å². The smallest absolute Gasteiger partial charge is 0.259 e. The molecule has 1 aromatic heterocycles. The number of fused-ring (bicyclic) bond motifs is 1. The molecule has 1 aromatic carbocycles. The Hall–Kier alpha value is -2.63. The molecule has 2 heterocycles. The average Bonchev–Trinajstić information content (AvgIpc) is 3.03. The lowest BCUT2D eigenvalue weighted by atomic mass is 10.1. The van der Waals surface area contributed by atoms with Crippen LogP contribution in [0.1, 0.15) is 39.6 Å². The molecule has 6 nitrogen and oxygen atoms in total. The standard InChI is InChI=1S/C15H16N4O2/c1-2-5-19-9-10(8-17-19)7-16-11-3-4-12-13(6-11)15(21)18-14(12)20/h3-4,6,8-9,16H,2,5,7H2,1H3,(H,18,20,21). The highest BCUT2D eigenvalue weighted by Crippen LogP contribution is 2.20. The quantitative estimate of drug-likeness (QED) is 0.821. The molecule has 21 heavy (non-hydrogen) atoms. The van der Waals surface area contributed by atoms with Crippen LogP contribution in [0.15, 0.2) is 30.6 Å². The minimum absolute atomic E-state index is 0.331. The van der Waals surface area contributed by atoms with Crippen molar-refractivity contribution in [3.63, 3.8) is 0 Å². The molecule has 0 saturated heterocycles. The van der Waals surface area contributed by atoms with Crippen LogP contribution in [-0.4, -0.2) is 21.6 Å². The lowest BCUT2D eigenvalue weighted by Gasteiger charge is -2.05. The second kappa shape index (κ2) is 5.40. The van der Waals surface area contributed by atoms with Gasteiger partial charge in [0.15, 0.2) is 0 Å². The first-order valence-corrected chi connectivity index (χ1v) is 6.92. The van der Waals surface area contributed by atoms with E-state index < -0.39 is 0 Å². The van der Waals surface area contributed by atoms with E-state index in [4.69, 9.17) is 0 Å². The Morgan fingerprint density at radius 3 is 2.86 bits per heavy atom. The predicted molar refractivity (Wildman–Crippen MR) is 78.1 cm³/mol. The molecule has 1 aliphatic rings. The normalized spacial score (nSPS) is 13.2. The van der Waals surface area contributed by atoms with Crippen LogP contribution in [0, 0.1) is 0 Å². The fourth-order valence-electron chi connectivity index (χ4n) is 2.33. The monoisotopic (exact) mass is 284 g/mol. The number of aromatic nitrogens is 2. The van der Waals surface area contributed by atoms with Crippen molar-refractivity contribution in [2.45, 2.75) is 26.4 Å². The molecule has 2 N–H and O–H groups in total. The van der Waals surface area contributed by atoms with Gasteiger partial charge in [-0.3, -0.25) is 19.6 Å². The summed E-state index contributed by atoms with van der Waals surface area (Å²) in [4.78, 5) is 23.1. The summed E-state index contributed by atoms with van der Waals surface area (Å²) in [6.45, 7) is 3.63. The molecule has 2 amide bonds. The summed E-state index contributed by atoms with van der Waals surface area (Å²) in [5.41, 5.74) is 2.74. The third-order valence-corrected chi connectivity index (χ3v) is 3.37. The number of imide groups is 1. The number of carbonyl (C=O) groups excluding carboxylic acids is 2. The van der Waals surface area contributed by atoms with E-state index in [-0.39, 0.29) is 11.8 Å². The number of carbonyl (C=O) groups is 2. The summed E-state index contributed by atoms with van der Waals surface area (Å²) in [5.74, 6) is -0.670. The van der Waals surface area contributed by atoms with Crippen LogP contribution < -0.4 is 10.6 Å². The minimum atomic E-state index is -0.339. The zero-order valence-electron chi connectivity index (χ0n) is 11.7. The Kier molecular flexibility index (Phi) is 3.43. The number of nitrogens with one attached hydrogen (secondary N) is 2. The summed E-state index contributed by atoms with van der Waals surface area (Å²) < 4.78 is 1.91. The van der Waals surface area contributed by atoms with E-state index in [0.717, 1.165) is 24.2 Å². The van der Waals surface area contributed by atoms with E-state index in [1.165, 1.54) is 0 Å². The van der Waals surface area contributed by atoms with E-state index >= 15 is 0 Å². The summed E-state index contributed by atoms with van der Waals surface area (Å²) in [5, 5.41) is 9.78. The van der Waals surface area contributed by atoms with Gasteiger partial charge in [0.25, 0.3) is 11.8 Å². The zero-order chi connectivity index (χ0) is 14.8. The maximum atomic E-state index is 11.6. The first-order chi connectivity index (χ1) is 10.2. The van der Waals surface area contributed by atoms with Crippen LogP contribution in [-0.2, 0) is 13.1 Å². The predicted octanol–water partition coefficient (Wildman–Crippen LogP) is 1.79. The van der Waals surface area contributed by atoms with Gasteiger partial charge < -0.3 is 5.32 Å². The van der Waals surface area contributed by atoms with Crippen LogP contribution in [0.25, 0.3) is 0 Å². The van der Waals surface area contributed by atoms with Crippen LogP contribution in [0.3, 0.4) is 0 Å². The SMILES string of the molecule is CCCn1cc(CNc2ccc3c(c2)C(=O)NC3=O)cn1. The molecule has 0 spiro atoms. The minimum Gasteiger partial charge on any atom is -0.381 e. The van der Waals surface area contributed by atoms with Crippen molar-refractivity contribution >= 4 is 17.5 Å². The molecule has 108 valence electrons. The molecular weight excluding hydrogens is 268 g/mol. The van der Waals surface area contributed by atoms with Crippen LogP contribution in [0.2, 0.25) is 0 Å². The molecule has 3 rings (SSSR count). The van der Waals surface area contributed by atoms with E-state index in [1.54, 1.807) is 18.2 Å². The van der Waals surface area contributed by atoms with Gasteiger partial charge in [-0.15, -0.1) is 0 Å². The van der Waals surface area contributed by atoms with Gasteiger partial charge in [0.05, 0.1) is 17.3 Å². The van der Waals surface area contributed by atoms with Crippen molar-refractivity contribution in [3.8, 4) is 0 Å². The Morgan fingerprint density at radius 2 is 2.05 bits per heavy atom. The molecule has 0 aliphatic carbocycles. The number of amides is 2. The van der Waals surface area contributed by atoms with Crippen molar-refractivity contribution in [2.75, 3.05) is 5.32 Å². The lowest BCUT2D eigenvalue weighted by molar-refractivity contribution is 0.0879. The fourth-order valence-corrected chi connectivity index (χ4v) is 2.33. The van der Waals surface area contributed by atoms with Gasteiger partial charge >= 0.3 is 0 Å². The molecule has 6 heteroatoms. The van der Waals surface area contributed by atoms with Gasteiger partial charge in [0.1, 0.15) is 0 Å². The molecule has 1 aliphatic heterocycles. The third kappa shape index (κ3) is 2.65. The zero-order valence-corrected chi connectivity index (χ0v) is 11.7. The van der Waals surface area contributed by atoms with Gasteiger partial charge in [-0.2, -0.15) is 5.10 Å². The number of anilines is 1. The van der Waals surface area contributed by atoms with Crippen molar-refractivity contribution < 1.29 is 9.59 Å².